The van der Waals surface area contributed by atoms with Gasteiger partial charge >= 0.3 is 0 Å². The van der Waals surface area contributed by atoms with E-state index >= 15 is 0 Å². The number of rotatable bonds is 6. The monoisotopic (exact) mass is 365 g/mol. The topological polar surface area (TPSA) is 51.5 Å². The summed E-state index contributed by atoms with van der Waals surface area (Å²) in [5, 5.41) is 4.01. The van der Waals surface area contributed by atoms with Gasteiger partial charge in [0, 0.05) is 11.9 Å². The van der Waals surface area contributed by atoms with E-state index in [0.717, 1.165) is 34.3 Å². The molecule has 1 amide bonds. The van der Waals surface area contributed by atoms with Gasteiger partial charge in [-0.25, -0.2) is 0 Å². The van der Waals surface area contributed by atoms with Crippen molar-refractivity contribution >= 4 is 16.9 Å². The van der Waals surface area contributed by atoms with E-state index in [4.69, 9.17) is 9.15 Å². The van der Waals surface area contributed by atoms with Crippen LogP contribution in [0.25, 0.3) is 11.0 Å². The van der Waals surface area contributed by atoms with Crippen LogP contribution < -0.4 is 10.1 Å². The summed E-state index contributed by atoms with van der Waals surface area (Å²) in [5.74, 6) is 0.646. The van der Waals surface area contributed by atoms with E-state index in [2.05, 4.69) is 39.1 Å². The van der Waals surface area contributed by atoms with Crippen LogP contribution in [-0.2, 0) is 16.6 Å². The summed E-state index contributed by atoms with van der Waals surface area (Å²) in [6, 6.07) is 14.0. The quantitative estimate of drug-likeness (QED) is 0.684. The Morgan fingerprint density at radius 1 is 1.15 bits per heavy atom. The first kappa shape index (κ1) is 19.0. The summed E-state index contributed by atoms with van der Waals surface area (Å²) < 4.78 is 11.3. The molecule has 0 bridgehead atoms. The van der Waals surface area contributed by atoms with Crippen LogP contribution >= 0.6 is 0 Å². The Labute approximate surface area is 160 Å². The number of carbonyl (C=O) groups is 1. The van der Waals surface area contributed by atoms with Crippen LogP contribution in [0.5, 0.6) is 5.75 Å². The Balaban J connectivity index is 1.53. The van der Waals surface area contributed by atoms with Crippen molar-refractivity contribution in [2.75, 3.05) is 13.2 Å². The number of hydrogen-bond donors (Lipinski definition) is 1. The number of hydrogen-bond acceptors (Lipinski definition) is 3. The van der Waals surface area contributed by atoms with E-state index in [1.165, 1.54) is 5.56 Å². The molecule has 0 atom stereocenters. The van der Waals surface area contributed by atoms with Crippen LogP contribution in [0.3, 0.4) is 0 Å². The first-order chi connectivity index (χ1) is 12.8. The molecule has 1 heterocycles. The second-order valence-electron chi connectivity index (χ2n) is 7.90. The predicted octanol–water partition coefficient (Wildman–Crippen LogP) is 4.78. The van der Waals surface area contributed by atoms with E-state index in [-0.39, 0.29) is 17.9 Å². The Morgan fingerprint density at radius 3 is 2.70 bits per heavy atom. The van der Waals surface area contributed by atoms with E-state index in [9.17, 15) is 4.79 Å². The third kappa shape index (κ3) is 4.70. The zero-order valence-electron chi connectivity index (χ0n) is 16.5. The average molecular weight is 365 g/mol. The van der Waals surface area contributed by atoms with Crippen molar-refractivity contribution in [3.63, 3.8) is 0 Å². The fraction of sp³-hybridized carbons (Fsp3) is 0.348. The van der Waals surface area contributed by atoms with E-state index in [1.54, 1.807) is 6.26 Å². The molecule has 3 rings (SSSR count). The fourth-order valence-corrected chi connectivity index (χ4v) is 3.11. The van der Waals surface area contributed by atoms with Gasteiger partial charge in [0.05, 0.1) is 6.26 Å². The molecular weight excluding hydrogens is 338 g/mol. The lowest BCUT2D eigenvalue weighted by molar-refractivity contribution is -0.123. The summed E-state index contributed by atoms with van der Waals surface area (Å²) in [6.07, 6.45) is 2.48. The molecule has 0 fully saturated rings. The van der Waals surface area contributed by atoms with Crippen molar-refractivity contribution in [2.24, 2.45) is 0 Å². The number of benzene rings is 2. The molecule has 0 radical (unpaired) electrons. The van der Waals surface area contributed by atoms with E-state index in [0.29, 0.717) is 6.54 Å². The minimum Gasteiger partial charge on any atom is -0.483 e. The number of ether oxygens (including phenoxy) is 1. The molecule has 4 nitrogen and oxygen atoms in total. The van der Waals surface area contributed by atoms with Gasteiger partial charge in [-0.2, -0.15) is 0 Å². The second-order valence-corrected chi connectivity index (χ2v) is 7.90. The molecule has 0 aliphatic rings. The van der Waals surface area contributed by atoms with Gasteiger partial charge in [0.25, 0.3) is 5.91 Å². The molecule has 0 saturated heterocycles. The van der Waals surface area contributed by atoms with Crippen LogP contribution in [0.2, 0.25) is 0 Å². The van der Waals surface area contributed by atoms with Crippen molar-refractivity contribution in [2.45, 2.75) is 39.5 Å². The Bertz CT molecular complexity index is 934. The molecule has 3 aromatic rings. The fourth-order valence-electron chi connectivity index (χ4n) is 3.11. The minimum atomic E-state index is -0.122. The lowest BCUT2D eigenvalue weighted by Crippen LogP contribution is -2.31. The normalized spacial score (nSPS) is 11.6. The van der Waals surface area contributed by atoms with Gasteiger partial charge in [-0.3, -0.25) is 4.79 Å². The second kappa shape index (κ2) is 7.87. The molecule has 0 saturated carbocycles. The van der Waals surface area contributed by atoms with E-state index < -0.39 is 0 Å². The first-order valence-corrected chi connectivity index (χ1v) is 9.30. The summed E-state index contributed by atoms with van der Waals surface area (Å²) in [7, 11) is 0. The molecule has 0 spiro atoms. The van der Waals surface area contributed by atoms with Gasteiger partial charge in [-0.05, 0) is 42.0 Å². The largest absolute Gasteiger partial charge is 0.483 e. The van der Waals surface area contributed by atoms with Gasteiger partial charge in [-0.15, -0.1) is 0 Å². The van der Waals surface area contributed by atoms with Crippen molar-refractivity contribution in [3.8, 4) is 5.75 Å². The first-order valence-electron chi connectivity index (χ1n) is 9.30. The van der Waals surface area contributed by atoms with Gasteiger partial charge in [0.2, 0.25) is 0 Å². The standard InChI is InChI=1S/C23H27NO3/c1-16-9-10-21(19(13-16)23(2,3)4)27-15-22(25)24-12-11-17-14-26-20-8-6-5-7-18(17)20/h5-10,13-14H,11-12,15H2,1-4H3,(H,24,25). The van der Waals surface area contributed by atoms with Gasteiger partial charge in [0.15, 0.2) is 6.61 Å². The SMILES string of the molecule is Cc1ccc(OCC(=O)NCCc2coc3ccccc23)c(C(C)(C)C)c1. The lowest BCUT2D eigenvalue weighted by Gasteiger charge is -2.23. The molecule has 4 heteroatoms. The molecule has 2 aromatic carbocycles. The molecule has 27 heavy (non-hydrogen) atoms. The smallest absolute Gasteiger partial charge is 0.257 e. The number of amides is 1. The average Bonchev–Trinajstić information content (AvgIpc) is 3.03. The van der Waals surface area contributed by atoms with Crippen LogP contribution in [0, 0.1) is 6.92 Å². The van der Waals surface area contributed by atoms with Gasteiger partial charge in [0.1, 0.15) is 11.3 Å². The highest BCUT2D eigenvalue weighted by Crippen LogP contribution is 2.32. The summed E-state index contributed by atoms with van der Waals surface area (Å²) >= 11 is 0. The van der Waals surface area contributed by atoms with Crippen LogP contribution in [0.1, 0.15) is 37.5 Å². The Morgan fingerprint density at radius 2 is 1.93 bits per heavy atom. The van der Waals surface area contributed by atoms with Crippen LogP contribution in [0.15, 0.2) is 53.1 Å². The van der Waals surface area contributed by atoms with Gasteiger partial charge in [-0.1, -0.05) is 56.7 Å². The summed E-state index contributed by atoms with van der Waals surface area (Å²) in [5.41, 5.74) is 4.22. The number of fused-ring (bicyclic) bond motifs is 1. The maximum Gasteiger partial charge on any atom is 0.257 e. The Kier molecular flexibility index (Phi) is 5.54. The molecule has 0 unspecified atom stereocenters. The molecule has 1 aromatic heterocycles. The predicted molar refractivity (Wildman–Crippen MR) is 108 cm³/mol. The number of furan rings is 1. The molecule has 1 N–H and O–H groups in total. The third-order valence-corrected chi connectivity index (χ3v) is 4.58. The lowest BCUT2D eigenvalue weighted by atomic mass is 9.85. The molecule has 0 aliphatic heterocycles. The summed E-state index contributed by atoms with van der Waals surface area (Å²) in [4.78, 5) is 12.2. The van der Waals surface area contributed by atoms with Gasteiger partial charge < -0.3 is 14.5 Å². The number of carbonyl (C=O) groups excluding carboxylic acids is 1. The van der Waals surface area contributed by atoms with Crippen molar-refractivity contribution in [1.82, 2.24) is 5.32 Å². The maximum atomic E-state index is 12.2. The van der Waals surface area contributed by atoms with Crippen LogP contribution in [0.4, 0.5) is 0 Å². The number of aryl methyl sites for hydroxylation is 1. The molecule has 142 valence electrons. The third-order valence-electron chi connectivity index (χ3n) is 4.58. The number of para-hydroxylation sites is 1. The van der Waals surface area contributed by atoms with Crippen LogP contribution in [-0.4, -0.2) is 19.1 Å². The number of nitrogens with one attached hydrogen (secondary N) is 1. The maximum absolute atomic E-state index is 12.2. The highest BCUT2D eigenvalue weighted by Gasteiger charge is 2.19. The zero-order chi connectivity index (χ0) is 19.4. The van der Waals surface area contributed by atoms with Crippen molar-refractivity contribution in [1.29, 1.82) is 0 Å². The minimum absolute atomic E-state index is 0.0122. The molecular formula is C23H27NO3. The Hall–Kier alpha value is -2.75. The highest BCUT2D eigenvalue weighted by atomic mass is 16.5. The van der Waals surface area contributed by atoms with Crippen molar-refractivity contribution in [3.05, 3.63) is 65.4 Å². The summed E-state index contributed by atoms with van der Waals surface area (Å²) in [6.45, 7) is 9.05. The molecule has 0 aliphatic carbocycles. The zero-order valence-corrected chi connectivity index (χ0v) is 16.5. The van der Waals surface area contributed by atoms with E-state index in [1.807, 2.05) is 36.4 Å². The highest BCUT2D eigenvalue weighted by molar-refractivity contribution is 5.81. The van der Waals surface area contributed by atoms with Crippen molar-refractivity contribution < 1.29 is 13.9 Å².